The Morgan fingerprint density at radius 1 is 0.759 bits per heavy atom. The first-order valence-corrected chi connectivity index (χ1v) is 10.2. The quantitative estimate of drug-likeness (QED) is 0.348. The van der Waals surface area contributed by atoms with Gasteiger partial charge in [0, 0.05) is 17.9 Å². The lowest BCUT2D eigenvalue weighted by Gasteiger charge is -2.22. The molecule has 0 amide bonds. The number of carbonyl (C=O) groups is 1. The summed E-state index contributed by atoms with van der Waals surface area (Å²) in [6.07, 6.45) is 2.78. The van der Waals surface area contributed by atoms with Gasteiger partial charge in [0.1, 0.15) is 0 Å². The fraction of sp³-hybridized carbons (Fsp3) is 0.107. The number of rotatable bonds is 4. The van der Waals surface area contributed by atoms with Crippen LogP contribution in [0, 0.1) is 0 Å². The summed E-state index contributed by atoms with van der Waals surface area (Å²) in [6, 6.07) is 31.6. The molecule has 4 aromatic carbocycles. The zero-order valence-electron chi connectivity index (χ0n) is 16.4. The summed E-state index contributed by atoms with van der Waals surface area (Å²) >= 11 is 0. The van der Waals surface area contributed by atoms with Gasteiger partial charge in [-0.25, -0.2) is 0 Å². The molecule has 0 bridgehead atoms. The summed E-state index contributed by atoms with van der Waals surface area (Å²) in [4.78, 5) is 13.1. The molecule has 140 valence electrons. The number of carbonyl (C=O) groups excluding carboxylic acids is 1. The molecule has 0 radical (unpaired) electrons. The first-order valence-electron chi connectivity index (χ1n) is 10.2. The molecule has 0 spiro atoms. The van der Waals surface area contributed by atoms with Crippen molar-refractivity contribution in [1.29, 1.82) is 0 Å². The van der Waals surface area contributed by atoms with Crippen LogP contribution in [0.2, 0.25) is 0 Å². The van der Waals surface area contributed by atoms with Crippen LogP contribution in [0.4, 0.5) is 0 Å². The molecule has 0 fully saturated rings. The van der Waals surface area contributed by atoms with E-state index in [0.29, 0.717) is 6.42 Å². The Morgan fingerprint density at radius 2 is 1.48 bits per heavy atom. The van der Waals surface area contributed by atoms with Crippen LogP contribution in [0.25, 0.3) is 22.4 Å². The van der Waals surface area contributed by atoms with Gasteiger partial charge in [0.25, 0.3) is 0 Å². The average Bonchev–Trinajstić information content (AvgIpc) is 3.18. The highest BCUT2D eigenvalue weighted by Crippen LogP contribution is 2.47. The highest BCUT2D eigenvalue weighted by Gasteiger charge is 2.31. The predicted molar refractivity (Wildman–Crippen MR) is 121 cm³/mol. The average molecular weight is 374 g/mol. The minimum atomic E-state index is 0.0590. The molecular formula is C28H22O. The molecule has 29 heavy (non-hydrogen) atoms. The molecule has 0 heterocycles. The van der Waals surface area contributed by atoms with Crippen LogP contribution in [-0.4, -0.2) is 5.78 Å². The Balaban J connectivity index is 1.80. The Kier molecular flexibility index (Phi) is 4.37. The highest BCUT2D eigenvalue weighted by atomic mass is 16.1. The fourth-order valence-electron chi connectivity index (χ4n) is 4.56. The van der Waals surface area contributed by atoms with E-state index in [9.17, 15) is 4.79 Å². The van der Waals surface area contributed by atoms with Gasteiger partial charge in [-0.05, 0) is 44.7 Å². The molecule has 1 aliphatic rings. The normalized spacial score (nSPS) is 15.2. The van der Waals surface area contributed by atoms with Crippen molar-refractivity contribution in [2.45, 2.75) is 19.3 Å². The SMILES string of the molecule is CCC(=O)c1c(C2C(c3ccccc3)=Cc3ccccc32)ccc2ccccc12. The third-order valence-corrected chi connectivity index (χ3v) is 5.91. The summed E-state index contributed by atoms with van der Waals surface area (Å²) in [5.41, 5.74) is 6.94. The predicted octanol–water partition coefficient (Wildman–Crippen LogP) is 7.12. The zero-order chi connectivity index (χ0) is 19.8. The molecule has 0 saturated carbocycles. The summed E-state index contributed by atoms with van der Waals surface area (Å²) < 4.78 is 0. The molecule has 1 aliphatic carbocycles. The smallest absolute Gasteiger partial charge is 0.163 e. The van der Waals surface area contributed by atoms with E-state index in [-0.39, 0.29) is 11.7 Å². The molecule has 0 aromatic heterocycles. The van der Waals surface area contributed by atoms with Gasteiger partial charge in [-0.3, -0.25) is 4.79 Å². The standard InChI is InChI=1S/C28H22O/c1-2-26(29)28-22-14-8-6-12-20(22)16-17-24(28)27-23-15-9-7-13-21(23)18-25(27)19-10-4-3-5-11-19/h3-18,27H,2H2,1H3. The molecule has 1 nitrogen and oxygen atoms in total. The molecule has 1 unspecified atom stereocenters. The lowest BCUT2D eigenvalue weighted by Crippen LogP contribution is -2.10. The third kappa shape index (κ3) is 2.91. The van der Waals surface area contributed by atoms with Crippen molar-refractivity contribution < 1.29 is 4.79 Å². The van der Waals surface area contributed by atoms with Gasteiger partial charge in [-0.1, -0.05) is 97.9 Å². The van der Waals surface area contributed by atoms with Crippen molar-refractivity contribution in [2.75, 3.05) is 0 Å². The second-order valence-corrected chi connectivity index (χ2v) is 7.56. The first kappa shape index (κ1) is 17.6. The number of hydrogen-bond donors (Lipinski definition) is 0. The van der Waals surface area contributed by atoms with E-state index in [1.807, 2.05) is 25.1 Å². The van der Waals surface area contributed by atoms with E-state index >= 15 is 0 Å². The summed E-state index contributed by atoms with van der Waals surface area (Å²) in [6.45, 7) is 1.95. The van der Waals surface area contributed by atoms with Gasteiger partial charge in [0.05, 0.1) is 0 Å². The lowest BCUT2D eigenvalue weighted by molar-refractivity contribution is 0.0989. The maximum absolute atomic E-state index is 13.1. The molecule has 1 heteroatoms. The van der Waals surface area contributed by atoms with Gasteiger partial charge in [0.15, 0.2) is 5.78 Å². The number of Topliss-reactive ketones (excluding diaryl/α,β-unsaturated/α-hetero) is 1. The van der Waals surface area contributed by atoms with Gasteiger partial charge < -0.3 is 0 Å². The molecule has 0 saturated heterocycles. The molecule has 1 atom stereocenters. The molecule has 0 aliphatic heterocycles. The van der Waals surface area contributed by atoms with Crippen LogP contribution in [-0.2, 0) is 0 Å². The second kappa shape index (κ2) is 7.18. The van der Waals surface area contributed by atoms with Gasteiger partial charge in [-0.15, -0.1) is 0 Å². The van der Waals surface area contributed by atoms with E-state index in [4.69, 9.17) is 0 Å². The van der Waals surface area contributed by atoms with Crippen molar-refractivity contribution >= 4 is 28.2 Å². The zero-order valence-corrected chi connectivity index (χ0v) is 16.4. The lowest BCUT2D eigenvalue weighted by atomic mass is 9.80. The van der Waals surface area contributed by atoms with Crippen molar-refractivity contribution in [1.82, 2.24) is 0 Å². The summed E-state index contributed by atoms with van der Waals surface area (Å²) in [5, 5.41) is 2.17. The second-order valence-electron chi connectivity index (χ2n) is 7.56. The van der Waals surface area contributed by atoms with Gasteiger partial charge in [-0.2, -0.15) is 0 Å². The fourth-order valence-corrected chi connectivity index (χ4v) is 4.56. The van der Waals surface area contributed by atoms with Crippen LogP contribution in [0.3, 0.4) is 0 Å². The van der Waals surface area contributed by atoms with E-state index in [2.05, 4.69) is 78.9 Å². The van der Waals surface area contributed by atoms with Crippen LogP contribution in [0.15, 0.2) is 91.0 Å². The van der Waals surface area contributed by atoms with E-state index in [0.717, 1.165) is 21.9 Å². The Morgan fingerprint density at radius 3 is 2.31 bits per heavy atom. The molecule has 5 rings (SSSR count). The number of allylic oxidation sites excluding steroid dienone is 1. The molecule has 4 aromatic rings. The highest BCUT2D eigenvalue weighted by molar-refractivity contribution is 6.10. The molecular weight excluding hydrogens is 352 g/mol. The number of hydrogen-bond acceptors (Lipinski definition) is 1. The monoisotopic (exact) mass is 374 g/mol. The minimum Gasteiger partial charge on any atom is -0.294 e. The van der Waals surface area contributed by atoms with E-state index in [1.165, 1.54) is 22.3 Å². The number of ketones is 1. The van der Waals surface area contributed by atoms with Crippen molar-refractivity contribution in [3.63, 3.8) is 0 Å². The van der Waals surface area contributed by atoms with Crippen LogP contribution >= 0.6 is 0 Å². The first-order chi connectivity index (χ1) is 14.3. The van der Waals surface area contributed by atoms with Gasteiger partial charge in [0.2, 0.25) is 0 Å². The largest absolute Gasteiger partial charge is 0.294 e. The van der Waals surface area contributed by atoms with Crippen molar-refractivity contribution in [3.8, 4) is 0 Å². The Bertz CT molecular complexity index is 1250. The number of fused-ring (bicyclic) bond motifs is 2. The van der Waals surface area contributed by atoms with E-state index in [1.54, 1.807) is 0 Å². The van der Waals surface area contributed by atoms with Crippen LogP contribution in [0.5, 0.6) is 0 Å². The van der Waals surface area contributed by atoms with Gasteiger partial charge >= 0.3 is 0 Å². The maximum Gasteiger partial charge on any atom is 0.163 e. The Labute approximate surface area is 171 Å². The van der Waals surface area contributed by atoms with Crippen LogP contribution in [0.1, 0.15) is 51.9 Å². The Hall–Kier alpha value is -3.45. The van der Waals surface area contributed by atoms with Crippen LogP contribution < -0.4 is 0 Å². The summed E-state index contributed by atoms with van der Waals surface area (Å²) in [5.74, 6) is 0.261. The molecule has 0 N–H and O–H groups in total. The van der Waals surface area contributed by atoms with Crippen molar-refractivity contribution in [3.05, 3.63) is 119 Å². The summed E-state index contributed by atoms with van der Waals surface area (Å²) in [7, 11) is 0. The van der Waals surface area contributed by atoms with E-state index < -0.39 is 0 Å². The minimum absolute atomic E-state index is 0.0590. The number of benzene rings is 4. The third-order valence-electron chi connectivity index (χ3n) is 5.91. The topological polar surface area (TPSA) is 17.1 Å². The van der Waals surface area contributed by atoms with Crippen molar-refractivity contribution in [2.24, 2.45) is 0 Å². The maximum atomic E-state index is 13.1.